The number of rotatable bonds is 2. The van der Waals surface area contributed by atoms with E-state index < -0.39 is 29.5 Å². The highest BCUT2D eigenvalue weighted by Crippen LogP contribution is 2.54. The van der Waals surface area contributed by atoms with Gasteiger partial charge in [0.25, 0.3) is 0 Å². The molecule has 1 aliphatic heterocycles. The summed E-state index contributed by atoms with van der Waals surface area (Å²) in [6, 6.07) is 5.17. The fourth-order valence-electron chi connectivity index (χ4n) is 5.18. The molecule has 34 heavy (non-hydrogen) atoms. The topological polar surface area (TPSA) is 42.4 Å². The number of benzene rings is 1. The molecule has 0 amide bonds. The number of pyridine rings is 1. The van der Waals surface area contributed by atoms with Crippen molar-refractivity contribution in [2.45, 2.75) is 105 Å². The molecule has 1 aromatic carbocycles. The number of fused-ring (bicyclic) bond motifs is 3. The Morgan fingerprint density at radius 1 is 1.06 bits per heavy atom. The van der Waals surface area contributed by atoms with Crippen LogP contribution in [-0.2, 0) is 22.9 Å². The van der Waals surface area contributed by atoms with Gasteiger partial charge in [0.1, 0.15) is 6.10 Å². The minimum atomic E-state index is -4.38. The van der Waals surface area contributed by atoms with Crippen LogP contribution in [0.25, 0.3) is 0 Å². The monoisotopic (exact) mass is 477 g/mol. The Morgan fingerprint density at radius 2 is 1.62 bits per heavy atom. The molecule has 2 unspecified atom stereocenters. The lowest BCUT2D eigenvalue weighted by molar-refractivity contribution is -0.137. The van der Waals surface area contributed by atoms with Gasteiger partial charge in [-0.3, -0.25) is 4.98 Å². The standard InChI is InChI=1S/C25H30F3NO2.C3H8/c1-13(2)21-19-20(18-16(29-21)11-23(3,4)12-17(18)30)24(5,6)31-22(19)14-7-9-15(10-8-14)25(26,27)28;1-3-2/h7-10,13,17,22,30H,11-12H2,1-6H3;3H2,1-2H3. The van der Waals surface area contributed by atoms with Crippen molar-refractivity contribution in [2.24, 2.45) is 5.41 Å². The lowest BCUT2D eigenvalue weighted by atomic mass is 9.71. The molecule has 2 aliphatic rings. The molecule has 2 aromatic rings. The van der Waals surface area contributed by atoms with Crippen LogP contribution in [0.5, 0.6) is 0 Å². The van der Waals surface area contributed by atoms with Gasteiger partial charge in [-0.2, -0.15) is 13.2 Å². The van der Waals surface area contributed by atoms with E-state index in [9.17, 15) is 18.3 Å². The largest absolute Gasteiger partial charge is 0.416 e. The van der Waals surface area contributed by atoms with Gasteiger partial charge >= 0.3 is 6.18 Å². The Morgan fingerprint density at radius 3 is 2.12 bits per heavy atom. The molecule has 6 heteroatoms. The first-order chi connectivity index (χ1) is 15.6. The van der Waals surface area contributed by atoms with Crippen LogP contribution in [-0.4, -0.2) is 10.1 Å². The van der Waals surface area contributed by atoms with E-state index in [0.717, 1.165) is 46.6 Å². The molecular weight excluding hydrogens is 439 g/mol. The zero-order chi connectivity index (χ0) is 25.6. The van der Waals surface area contributed by atoms with E-state index in [-0.39, 0.29) is 11.3 Å². The van der Waals surface area contributed by atoms with Crippen LogP contribution in [0.2, 0.25) is 0 Å². The normalized spacial score (nSPS) is 22.6. The molecule has 0 bridgehead atoms. The molecule has 0 saturated heterocycles. The smallest absolute Gasteiger partial charge is 0.388 e. The number of aliphatic hydroxyl groups excluding tert-OH is 1. The Bertz CT molecular complexity index is 1020. The molecule has 1 aromatic heterocycles. The van der Waals surface area contributed by atoms with Gasteiger partial charge in [-0.05, 0) is 61.3 Å². The average Bonchev–Trinajstić information content (AvgIpc) is 2.97. The second-order valence-electron chi connectivity index (χ2n) is 11.2. The first-order valence-corrected chi connectivity index (χ1v) is 12.2. The maximum atomic E-state index is 13.1. The summed E-state index contributed by atoms with van der Waals surface area (Å²) in [4.78, 5) is 5.01. The van der Waals surface area contributed by atoms with Gasteiger partial charge in [-0.1, -0.05) is 60.1 Å². The third-order valence-electron chi connectivity index (χ3n) is 6.47. The number of hydrogen-bond acceptors (Lipinski definition) is 3. The quantitative estimate of drug-likeness (QED) is 0.476. The Hall–Kier alpha value is -1.92. The van der Waals surface area contributed by atoms with Gasteiger partial charge in [0.2, 0.25) is 0 Å². The first-order valence-electron chi connectivity index (χ1n) is 12.2. The second-order valence-corrected chi connectivity index (χ2v) is 11.2. The number of alkyl halides is 3. The van der Waals surface area contributed by atoms with E-state index in [1.165, 1.54) is 18.6 Å². The van der Waals surface area contributed by atoms with Crippen molar-refractivity contribution in [3.63, 3.8) is 0 Å². The first kappa shape index (κ1) is 26.7. The highest BCUT2D eigenvalue weighted by molar-refractivity contribution is 5.53. The van der Waals surface area contributed by atoms with E-state index in [1.54, 1.807) is 0 Å². The highest BCUT2D eigenvalue weighted by atomic mass is 19.4. The zero-order valence-electron chi connectivity index (χ0n) is 21.6. The van der Waals surface area contributed by atoms with Gasteiger partial charge in [0.05, 0.1) is 17.3 Å². The molecular formula is C28H38F3NO2. The Balaban J connectivity index is 0.00000103. The van der Waals surface area contributed by atoms with E-state index in [0.29, 0.717) is 12.0 Å². The van der Waals surface area contributed by atoms with Crippen LogP contribution in [0.15, 0.2) is 24.3 Å². The summed E-state index contributed by atoms with van der Waals surface area (Å²) >= 11 is 0. The summed E-state index contributed by atoms with van der Waals surface area (Å²) in [5.41, 5.74) is 3.74. The van der Waals surface area contributed by atoms with Gasteiger partial charge in [0, 0.05) is 22.5 Å². The van der Waals surface area contributed by atoms with E-state index in [1.807, 2.05) is 13.8 Å². The highest BCUT2D eigenvalue weighted by Gasteiger charge is 2.47. The van der Waals surface area contributed by atoms with Crippen LogP contribution in [0, 0.1) is 5.41 Å². The molecule has 0 saturated carbocycles. The summed E-state index contributed by atoms with van der Waals surface area (Å²) in [6.07, 6.45) is -2.89. The SMILES string of the molecule is CC(C)c1nc2c(c3c1C(c1ccc(C(F)(F)F)cc1)OC3(C)C)C(O)CC(C)(C)C2.CCC. The molecule has 4 rings (SSSR count). The fourth-order valence-corrected chi connectivity index (χ4v) is 5.18. The summed E-state index contributed by atoms with van der Waals surface area (Å²) in [7, 11) is 0. The third kappa shape index (κ3) is 5.03. The molecule has 2 heterocycles. The lowest BCUT2D eigenvalue weighted by Gasteiger charge is -2.37. The molecule has 0 fully saturated rings. The van der Waals surface area contributed by atoms with E-state index in [4.69, 9.17) is 9.72 Å². The fraction of sp³-hybridized carbons (Fsp3) is 0.607. The molecule has 188 valence electrons. The van der Waals surface area contributed by atoms with Crippen molar-refractivity contribution in [3.8, 4) is 0 Å². The molecule has 2 atom stereocenters. The van der Waals surface area contributed by atoms with Crippen molar-refractivity contribution >= 4 is 0 Å². The summed E-state index contributed by atoms with van der Waals surface area (Å²) < 4.78 is 45.6. The molecule has 1 aliphatic carbocycles. The Labute approximate surface area is 201 Å². The summed E-state index contributed by atoms with van der Waals surface area (Å²) in [5, 5.41) is 11.1. The van der Waals surface area contributed by atoms with Crippen molar-refractivity contribution in [1.82, 2.24) is 4.98 Å². The number of nitrogens with zero attached hydrogens (tertiary/aromatic N) is 1. The minimum absolute atomic E-state index is 0.0572. The van der Waals surface area contributed by atoms with Gasteiger partial charge in [0.15, 0.2) is 0 Å². The van der Waals surface area contributed by atoms with Gasteiger partial charge in [-0.15, -0.1) is 0 Å². The molecule has 3 nitrogen and oxygen atoms in total. The summed E-state index contributed by atoms with van der Waals surface area (Å²) in [6.45, 7) is 16.6. The lowest BCUT2D eigenvalue weighted by Crippen LogP contribution is -2.30. The number of halogens is 3. The van der Waals surface area contributed by atoms with Crippen molar-refractivity contribution in [2.75, 3.05) is 0 Å². The predicted octanol–water partition coefficient (Wildman–Crippen LogP) is 8.00. The van der Waals surface area contributed by atoms with Gasteiger partial charge in [-0.25, -0.2) is 0 Å². The Kier molecular flexibility index (Phi) is 7.27. The average molecular weight is 478 g/mol. The third-order valence-corrected chi connectivity index (χ3v) is 6.47. The molecule has 1 N–H and O–H groups in total. The zero-order valence-corrected chi connectivity index (χ0v) is 21.6. The maximum Gasteiger partial charge on any atom is 0.416 e. The molecule has 0 radical (unpaired) electrons. The number of aromatic nitrogens is 1. The number of ether oxygens (including phenoxy) is 1. The minimum Gasteiger partial charge on any atom is -0.388 e. The number of hydrogen-bond donors (Lipinski definition) is 1. The predicted molar refractivity (Wildman–Crippen MR) is 129 cm³/mol. The van der Waals surface area contributed by atoms with Crippen LogP contribution in [0.1, 0.15) is 126 Å². The number of aliphatic hydroxyl groups is 1. The van der Waals surface area contributed by atoms with Crippen molar-refractivity contribution in [1.29, 1.82) is 0 Å². The second kappa shape index (κ2) is 9.27. The van der Waals surface area contributed by atoms with Crippen LogP contribution >= 0.6 is 0 Å². The summed E-state index contributed by atoms with van der Waals surface area (Å²) in [5.74, 6) is 0.107. The van der Waals surface area contributed by atoms with Crippen LogP contribution < -0.4 is 0 Å². The van der Waals surface area contributed by atoms with E-state index >= 15 is 0 Å². The molecule has 0 spiro atoms. The van der Waals surface area contributed by atoms with Crippen LogP contribution in [0.3, 0.4) is 0 Å². The van der Waals surface area contributed by atoms with Crippen LogP contribution in [0.4, 0.5) is 13.2 Å². The maximum absolute atomic E-state index is 13.1. The van der Waals surface area contributed by atoms with Crippen molar-refractivity contribution < 1.29 is 23.0 Å². The van der Waals surface area contributed by atoms with E-state index in [2.05, 4.69) is 41.5 Å². The van der Waals surface area contributed by atoms with Crippen molar-refractivity contribution in [3.05, 3.63) is 63.5 Å². The van der Waals surface area contributed by atoms with Gasteiger partial charge < -0.3 is 9.84 Å².